The van der Waals surface area contributed by atoms with E-state index in [2.05, 4.69) is 10.6 Å². The monoisotopic (exact) mass is 330 g/mol. The second-order valence-electron chi connectivity index (χ2n) is 7.22. The maximum Gasteiger partial charge on any atom is 0.405 e. The summed E-state index contributed by atoms with van der Waals surface area (Å²) in [5.74, 6) is 2.22. The average molecular weight is 330 g/mol. The number of hydrogen-bond donors (Lipinski definition) is 3. The number of nitrogens with one attached hydrogen (secondary N) is 2. The lowest BCUT2D eigenvalue weighted by molar-refractivity contribution is -0.131. The molecular weight excluding hydrogens is 308 g/mol. The summed E-state index contributed by atoms with van der Waals surface area (Å²) in [5.41, 5.74) is 1.05. The van der Waals surface area contributed by atoms with Crippen LogP contribution in [0.3, 0.4) is 0 Å². The molecule has 1 unspecified atom stereocenters. The molecule has 5 atom stereocenters. The van der Waals surface area contributed by atoms with Gasteiger partial charge in [0.25, 0.3) is 0 Å². The van der Waals surface area contributed by atoms with Gasteiger partial charge in [-0.05, 0) is 61.6 Å². The molecule has 1 saturated heterocycles. The van der Waals surface area contributed by atoms with Gasteiger partial charge < -0.3 is 20.5 Å². The molecule has 1 aromatic carbocycles. The van der Waals surface area contributed by atoms with E-state index >= 15 is 0 Å². The van der Waals surface area contributed by atoms with Crippen molar-refractivity contribution in [2.75, 3.05) is 0 Å². The SMILES string of the molecule is O=C(O)N[C@@H]1C(=O)NC1Cc1ccc(O[C@H]2C[C@@H]3CC[C@H]2C3)cc1. The molecule has 0 radical (unpaired) electrons. The van der Waals surface area contributed by atoms with Crippen molar-refractivity contribution in [2.45, 2.75) is 50.3 Å². The van der Waals surface area contributed by atoms with Gasteiger partial charge in [-0.25, -0.2) is 4.79 Å². The highest BCUT2D eigenvalue weighted by Crippen LogP contribution is 2.45. The van der Waals surface area contributed by atoms with Gasteiger partial charge in [0.05, 0.1) is 6.04 Å². The van der Waals surface area contributed by atoms with Gasteiger partial charge >= 0.3 is 6.09 Å². The molecule has 3 N–H and O–H groups in total. The quantitative estimate of drug-likeness (QED) is 0.720. The van der Waals surface area contributed by atoms with Gasteiger partial charge in [0.15, 0.2) is 0 Å². The molecule has 6 heteroatoms. The van der Waals surface area contributed by atoms with Crippen LogP contribution in [0.5, 0.6) is 5.75 Å². The smallest absolute Gasteiger partial charge is 0.405 e. The Labute approximate surface area is 140 Å². The molecule has 3 fully saturated rings. The van der Waals surface area contributed by atoms with Crippen LogP contribution in [0.1, 0.15) is 31.2 Å². The van der Waals surface area contributed by atoms with E-state index in [-0.39, 0.29) is 11.9 Å². The number of rotatable bonds is 5. The predicted molar refractivity (Wildman–Crippen MR) is 86.9 cm³/mol. The summed E-state index contributed by atoms with van der Waals surface area (Å²) < 4.78 is 6.14. The Morgan fingerprint density at radius 2 is 2.04 bits per heavy atom. The highest BCUT2D eigenvalue weighted by atomic mass is 16.5. The van der Waals surface area contributed by atoms with Gasteiger partial charge in [0.2, 0.25) is 5.91 Å². The Kier molecular flexibility index (Phi) is 3.82. The van der Waals surface area contributed by atoms with Crippen molar-refractivity contribution < 1.29 is 19.4 Å². The Bertz CT molecular complexity index is 645. The van der Waals surface area contributed by atoms with Crippen molar-refractivity contribution in [1.29, 1.82) is 0 Å². The van der Waals surface area contributed by atoms with Crippen LogP contribution in [0.2, 0.25) is 0 Å². The van der Waals surface area contributed by atoms with Gasteiger partial charge in [-0.3, -0.25) is 4.79 Å². The number of amides is 2. The molecule has 0 spiro atoms. The lowest BCUT2D eigenvalue weighted by Gasteiger charge is -2.36. The number of carbonyl (C=O) groups excluding carboxylic acids is 1. The van der Waals surface area contributed by atoms with Crippen molar-refractivity contribution in [1.82, 2.24) is 10.6 Å². The number of fused-ring (bicyclic) bond motifs is 2. The maximum absolute atomic E-state index is 11.4. The lowest BCUT2D eigenvalue weighted by Crippen LogP contribution is -2.69. The predicted octanol–water partition coefficient (Wildman–Crippen LogP) is 1.93. The fraction of sp³-hybridized carbons (Fsp3) is 0.556. The van der Waals surface area contributed by atoms with Gasteiger partial charge in [0, 0.05) is 0 Å². The normalized spacial score (nSPS) is 33.7. The van der Waals surface area contributed by atoms with E-state index in [1.807, 2.05) is 24.3 Å². The number of carboxylic acid groups (broad SMARTS) is 1. The molecule has 1 aliphatic heterocycles. The summed E-state index contributed by atoms with van der Waals surface area (Å²) in [5, 5.41) is 13.8. The van der Waals surface area contributed by atoms with Gasteiger partial charge in [-0.1, -0.05) is 12.1 Å². The van der Waals surface area contributed by atoms with Crippen LogP contribution in [-0.4, -0.2) is 35.3 Å². The summed E-state index contributed by atoms with van der Waals surface area (Å²) in [6.45, 7) is 0. The molecule has 128 valence electrons. The first-order chi connectivity index (χ1) is 11.6. The molecule has 2 saturated carbocycles. The average Bonchev–Trinajstić information content (AvgIpc) is 3.17. The molecule has 1 heterocycles. The van der Waals surface area contributed by atoms with E-state index in [0.29, 0.717) is 12.5 Å². The molecule has 3 aliphatic rings. The molecule has 0 aromatic heterocycles. The second-order valence-corrected chi connectivity index (χ2v) is 7.22. The van der Waals surface area contributed by atoms with Gasteiger partial charge in [-0.15, -0.1) is 0 Å². The van der Waals surface area contributed by atoms with E-state index in [1.54, 1.807) is 0 Å². The van der Waals surface area contributed by atoms with E-state index in [4.69, 9.17) is 9.84 Å². The molecule has 24 heavy (non-hydrogen) atoms. The summed E-state index contributed by atoms with van der Waals surface area (Å²) in [6.07, 6.45) is 4.96. The third kappa shape index (κ3) is 2.92. The first-order valence-corrected chi connectivity index (χ1v) is 8.64. The first kappa shape index (κ1) is 15.3. The molecule has 2 amide bonds. The maximum atomic E-state index is 11.4. The minimum atomic E-state index is -1.17. The standard InChI is InChI=1S/C18H22N2O4/c21-17-16(20-18(22)23)14(19-17)8-10-2-5-13(6-3-10)24-15-9-11-1-4-12(15)7-11/h2-3,5-6,11-12,14-16,20H,1,4,7-9H2,(H,19,21)(H,22,23)/t11-,12+,14?,15+,16+/m1/s1. The second kappa shape index (κ2) is 6.00. The number of ether oxygens (including phenoxy) is 1. The fourth-order valence-electron chi connectivity index (χ4n) is 4.37. The Hall–Kier alpha value is -2.24. The van der Waals surface area contributed by atoms with Crippen LogP contribution in [0, 0.1) is 11.8 Å². The first-order valence-electron chi connectivity index (χ1n) is 8.64. The van der Waals surface area contributed by atoms with Crippen molar-refractivity contribution in [3.05, 3.63) is 29.8 Å². The molecular formula is C18H22N2O4. The minimum absolute atomic E-state index is 0.189. The molecule has 6 nitrogen and oxygen atoms in total. The third-order valence-corrected chi connectivity index (χ3v) is 5.63. The Balaban J connectivity index is 1.33. The zero-order chi connectivity index (χ0) is 16.7. The van der Waals surface area contributed by atoms with E-state index < -0.39 is 12.1 Å². The van der Waals surface area contributed by atoms with Crippen LogP contribution >= 0.6 is 0 Å². The molecule has 2 aliphatic carbocycles. The Morgan fingerprint density at radius 3 is 2.62 bits per heavy atom. The van der Waals surface area contributed by atoms with Gasteiger partial charge in [-0.2, -0.15) is 0 Å². The van der Waals surface area contributed by atoms with Crippen molar-refractivity contribution in [3.63, 3.8) is 0 Å². The zero-order valence-electron chi connectivity index (χ0n) is 13.4. The van der Waals surface area contributed by atoms with Crippen molar-refractivity contribution >= 4 is 12.0 Å². The van der Waals surface area contributed by atoms with Crippen LogP contribution < -0.4 is 15.4 Å². The molecule has 1 aromatic rings. The van der Waals surface area contributed by atoms with E-state index in [1.165, 1.54) is 25.7 Å². The number of β-lactam (4-membered cyclic amide) rings is 1. The van der Waals surface area contributed by atoms with E-state index in [0.717, 1.165) is 23.1 Å². The van der Waals surface area contributed by atoms with E-state index in [9.17, 15) is 9.59 Å². The topological polar surface area (TPSA) is 87.7 Å². The summed E-state index contributed by atoms with van der Waals surface area (Å²) in [4.78, 5) is 22.1. The number of carbonyl (C=O) groups is 2. The van der Waals surface area contributed by atoms with Crippen molar-refractivity contribution in [3.8, 4) is 5.75 Å². The highest BCUT2D eigenvalue weighted by molar-refractivity contribution is 5.92. The third-order valence-electron chi connectivity index (χ3n) is 5.63. The fourth-order valence-corrected chi connectivity index (χ4v) is 4.37. The molecule has 4 rings (SSSR count). The zero-order valence-corrected chi connectivity index (χ0v) is 13.4. The summed E-state index contributed by atoms with van der Waals surface area (Å²) in [7, 11) is 0. The lowest BCUT2D eigenvalue weighted by atomic mass is 9.92. The van der Waals surface area contributed by atoms with Crippen LogP contribution in [-0.2, 0) is 11.2 Å². The van der Waals surface area contributed by atoms with Crippen molar-refractivity contribution in [2.24, 2.45) is 11.8 Å². The Morgan fingerprint density at radius 1 is 1.25 bits per heavy atom. The molecule has 2 bridgehead atoms. The largest absolute Gasteiger partial charge is 0.490 e. The van der Waals surface area contributed by atoms with Crippen LogP contribution in [0.4, 0.5) is 4.79 Å². The van der Waals surface area contributed by atoms with Gasteiger partial charge in [0.1, 0.15) is 17.9 Å². The van der Waals surface area contributed by atoms with Crippen LogP contribution in [0.15, 0.2) is 24.3 Å². The minimum Gasteiger partial charge on any atom is -0.490 e. The summed E-state index contributed by atoms with van der Waals surface area (Å²) >= 11 is 0. The highest BCUT2D eigenvalue weighted by Gasteiger charge is 2.41. The number of hydrogen-bond acceptors (Lipinski definition) is 3. The number of benzene rings is 1. The summed E-state index contributed by atoms with van der Waals surface area (Å²) in [6, 6.07) is 7.08. The van der Waals surface area contributed by atoms with Crippen LogP contribution in [0.25, 0.3) is 0 Å².